The van der Waals surface area contributed by atoms with Crippen LogP contribution in [0.4, 0.5) is 0 Å². The minimum Gasteiger partial charge on any atom is -0.462 e. The molecule has 0 radical (unpaired) electrons. The Morgan fingerprint density at radius 1 is 1.21 bits per heavy atom. The molecule has 3 atom stereocenters. The van der Waals surface area contributed by atoms with E-state index in [1.54, 1.807) is 0 Å². The molecule has 3 aliphatic heterocycles. The first-order valence-electron chi connectivity index (χ1n) is 7.65. The van der Waals surface area contributed by atoms with Crippen molar-refractivity contribution >= 4 is 11.9 Å². The quantitative estimate of drug-likeness (QED) is 0.570. The zero-order chi connectivity index (χ0) is 13.8. The number of nitrogens with zero attached hydrogens (tertiary/aromatic N) is 1. The first-order valence-corrected chi connectivity index (χ1v) is 7.65. The van der Waals surface area contributed by atoms with Crippen molar-refractivity contribution in [3.05, 3.63) is 0 Å². The first-order chi connectivity index (χ1) is 9.15. The maximum absolute atomic E-state index is 12.2. The summed E-state index contributed by atoms with van der Waals surface area (Å²) in [5.74, 6) is -0.0720. The largest absolute Gasteiger partial charge is 0.462 e. The Balaban J connectivity index is 2.06. The monoisotopic (exact) mass is 267 g/mol. The van der Waals surface area contributed by atoms with E-state index in [1.165, 1.54) is 0 Å². The average Bonchev–Trinajstić information content (AvgIpc) is 2.35. The van der Waals surface area contributed by atoms with Crippen LogP contribution >= 0.6 is 0 Å². The molecule has 4 heteroatoms. The molecular formula is C15H25NO3. The van der Waals surface area contributed by atoms with Gasteiger partial charge in [-0.15, -0.1) is 0 Å². The van der Waals surface area contributed by atoms with Crippen LogP contribution in [0.25, 0.3) is 0 Å². The second-order valence-electron chi connectivity index (χ2n) is 5.77. The minimum atomic E-state index is -0.271. The van der Waals surface area contributed by atoms with Crippen molar-refractivity contribution in [1.82, 2.24) is 4.90 Å². The summed E-state index contributed by atoms with van der Waals surface area (Å²) in [5, 5.41) is 0. The van der Waals surface area contributed by atoms with Gasteiger partial charge in [-0.1, -0.05) is 26.2 Å². The molecule has 4 nitrogen and oxygen atoms in total. The van der Waals surface area contributed by atoms with Crippen LogP contribution in [-0.2, 0) is 14.3 Å². The Bertz CT molecular complexity index is 342. The number of β-lactam (4-membered cyclic amide) rings is 1. The summed E-state index contributed by atoms with van der Waals surface area (Å²) in [4.78, 5) is 25.9. The van der Waals surface area contributed by atoms with Crippen LogP contribution in [0.1, 0.15) is 58.8 Å². The minimum absolute atomic E-state index is 0.108. The molecule has 0 aliphatic carbocycles. The fraction of sp³-hybridized carbons (Fsp3) is 0.867. The molecule has 0 saturated carbocycles. The van der Waals surface area contributed by atoms with Gasteiger partial charge in [0.05, 0.1) is 5.92 Å². The summed E-state index contributed by atoms with van der Waals surface area (Å²) in [6.45, 7) is 4.88. The van der Waals surface area contributed by atoms with Gasteiger partial charge < -0.3 is 9.64 Å². The zero-order valence-corrected chi connectivity index (χ0v) is 12.1. The van der Waals surface area contributed by atoms with Crippen LogP contribution in [0.3, 0.4) is 0 Å². The molecule has 3 fully saturated rings. The van der Waals surface area contributed by atoms with Crippen LogP contribution < -0.4 is 0 Å². The lowest BCUT2D eigenvalue weighted by molar-refractivity contribution is -0.174. The Morgan fingerprint density at radius 3 is 2.68 bits per heavy atom. The standard InChI is InChI=1S/C15H25NO3/c1-3-8-12-14-11(2)19-13(17)9-6-4-5-7-10-16(12)15(14)18/h11-12,14H,3-10H2,1-2H3/t11-,12-,14-/m1/s1. The van der Waals surface area contributed by atoms with E-state index in [4.69, 9.17) is 4.74 Å². The third-order valence-electron chi connectivity index (χ3n) is 4.32. The van der Waals surface area contributed by atoms with E-state index >= 15 is 0 Å². The van der Waals surface area contributed by atoms with Crippen molar-refractivity contribution in [2.45, 2.75) is 70.9 Å². The molecule has 0 spiro atoms. The highest BCUT2D eigenvalue weighted by Gasteiger charge is 2.50. The fourth-order valence-corrected chi connectivity index (χ4v) is 3.30. The number of rotatable bonds is 2. The summed E-state index contributed by atoms with van der Waals surface area (Å²) in [5.41, 5.74) is 0. The van der Waals surface area contributed by atoms with Crippen molar-refractivity contribution in [1.29, 1.82) is 0 Å². The van der Waals surface area contributed by atoms with E-state index in [-0.39, 0.29) is 29.9 Å². The third-order valence-corrected chi connectivity index (χ3v) is 4.32. The molecule has 0 aromatic carbocycles. The molecule has 1 amide bonds. The number of carbonyl (C=O) groups excluding carboxylic acids is 2. The van der Waals surface area contributed by atoms with E-state index in [2.05, 4.69) is 6.92 Å². The van der Waals surface area contributed by atoms with Crippen LogP contribution in [0.15, 0.2) is 0 Å². The third kappa shape index (κ3) is 3.10. The highest BCUT2D eigenvalue weighted by atomic mass is 16.5. The van der Waals surface area contributed by atoms with Gasteiger partial charge >= 0.3 is 5.97 Å². The SMILES string of the molecule is CCC[C@@H]1[C@@H]2C(=O)N1CCCCCCC(=O)O[C@@H]2C. The van der Waals surface area contributed by atoms with Gasteiger partial charge in [0.15, 0.2) is 0 Å². The van der Waals surface area contributed by atoms with Gasteiger partial charge in [-0.2, -0.15) is 0 Å². The van der Waals surface area contributed by atoms with Crippen LogP contribution in [0.5, 0.6) is 0 Å². The molecule has 3 heterocycles. The molecular weight excluding hydrogens is 242 g/mol. The highest BCUT2D eigenvalue weighted by molar-refractivity contribution is 5.87. The van der Waals surface area contributed by atoms with E-state index in [9.17, 15) is 9.59 Å². The molecule has 0 aromatic rings. The topological polar surface area (TPSA) is 46.6 Å². The molecule has 2 bridgehead atoms. The number of ether oxygens (including phenoxy) is 1. The normalized spacial score (nSPS) is 32.9. The molecule has 0 unspecified atom stereocenters. The van der Waals surface area contributed by atoms with E-state index in [1.807, 2.05) is 11.8 Å². The Morgan fingerprint density at radius 2 is 1.95 bits per heavy atom. The molecule has 3 aliphatic rings. The molecule has 3 saturated heterocycles. The van der Waals surface area contributed by atoms with Crippen LogP contribution in [-0.4, -0.2) is 35.5 Å². The lowest BCUT2D eigenvalue weighted by atomic mass is 9.80. The predicted molar refractivity (Wildman–Crippen MR) is 72.5 cm³/mol. The Labute approximate surface area is 115 Å². The molecule has 0 N–H and O–H groups in total. The van der Waals surface area contributed by atoms with Crippen molar-refractivity contribution in [2.75, 3.05) is 6.54 Å². The van der Waals surface area contributed by atoms with Gasteiger partial charge in [0.1, 0.15) is 6.10 Å². The summed E-state index contributed by atoms with van der Waals surface area (Å²) in [7, 11) is 0. The van der Waals surface area contributed by atoms with Crippen LogP contribution in [0.2, 0.25) is 0 Å². The van der Waals surface area contributed by atoms with E-state index < -0.39 is 0 Å². The van der Waals surface area contributed by atoms with E-state index in [0.717, 1.165) is 45.1 Å². The maximum Gasteiger partial charge on any atom is 0.306 e. The summed E-state index contributed by atoms with van der Waals surface area (Å²) < 4.78 is 5.43. The van der Waals surface area contributed by atoms with Crippen LogP contribution in [0, 0.1) is 5.92 Å². The number of fused-ring (bicyclic) bond motifs is 8. The van der Waals surface area contributed by atoms with Crippen molar-refractivity contribution in [3.63, 3.8) is 0 Å². The van der Waals surface area contributed by atoms with Gasteiger partial charge in [0.25, 0.3) is 0 Å². The number of esters is 1. The van der Waals surface area contributed by atoms with Gasteiger partial charge in [-0.25, -0.2) is 0 Å². The van der Waals surface area contributed by atoms with Gasteiger partial charge in [0, 0.05) is 19.0 Å². The lowest BCUT2D eigenvalue weighted by Crippen LogP contribution is -2.64. The second-order valence-corrected chi connectivity index (χ2v) is 5.77. The number of amides is 1. The predicted octanol–water partition coefficient (Wildman–Crippen LogP) is 2.51. The van der Waals surface area contributed by atoms with Crippen molar-refractivity contribution < 1.29 is 14.3 Å². The maximum atomic E-state index is 12.2. The van der Waals surface area contributed by atoms with Crippen molar-refractivity contribution in [3.8, 4) is 0 Å². The van der Waals surface area contributed by atoms with Gasteiger partial charge in [-0.3, -0.25) is 9.59 Å². The Kier molecular flexibility index (Phi) is 4.83. The molecule has 0 aromatic heterocycles. The number of carbonyl (C=O) groups is 2. The summed E-state index contributed by atoms with van der Waals surface area (Å²) in [6.07, 6.45) is 6.40. The summed E-state index contributed by atoms with van der Waals surface area (Å²) in [6, 6.07) is 0.278. The molecule has 108 valence electrons. The summed E-state index contributed by atoms with van der Waals surface area (Å²) >= 11 is 0. The highest BCUT2D eigenvalue weighted by Crippen LogP contribution is 2.34. The number of hydrogen-bond acceptors (Lipinski definition) is 3. The molecule has 19 heavy (non-hydrogen) atoms. The van der Waals surface area contributed by atoms with Crippen molar-refractivity contribution in [2.24, 2.45) is 5.92 Å². The lowest BCUT2D eigenvalue weighted by Gasteiger charge is -2.49. The average molecular weight is 267 g/mol. The smallest absolute Gasteiger partial charge is 0.306 e. The number of hydrogen-bond donors (Lipinski definition) is 0. The molecule has 3 rings (SSSR count). The second kappa shape index (κ2) is 6.40. The Hall–Kier alpha value is -1.06. The zero-order valence-electron chi connectivity index (χ0n) is 12.1. The van der Waals surface area contributed by atoms with Gasteiger partial charge in [0.2, 0.25) is 5.91 Å². The first kappa shape index (κ1) is 14.4. The van der Waals surface area contributed by atoms with E-state index in [0.29, 0.717) is 6.42 Å². The van der Waals surface area contributed by atoms with Gasteiger partial charge in [-0.05, 0) is 26.2 Å². The fourth-order valence-electron chi connectivity index (χ4n) is 3.30.